The number of hydrogen-bond acceptors (Lipinski definition) is 4. The zero-order valence-electron chi connectivity index (χ0n) is 12.4. The summed E-state index contributed by atoms with van der Waals surface area (Å²) in [4.78, 5) is 13.8. The maximum absolute atomic E-state index is 11.5. The molecular weight excluding hydrogens is 266 g/mol. The molecule has 0 radical (unpaired) electrons. The molecule has 2 heterocycles. The van der Waals surface area contributed by atoms with Gasteiger partial charge in [-0.3, -0.25) is 4.79 Å². The summed E-state index contributed by atoms with van der Waals surface area (Å²) in [6, 6.07) is 4.00. The van der Waals surface area contributed by atoms with E-state index in [0.29, 0.717) is 12.3 Å². The van der Waals surface area contributed by atoms with Gasteiger partial charge in [0, 0.05) is 25.2 Å². The second kappa shape index (κ2) is 5.56. The van der Waals surface area contributed by atoms with Crippen molar-refractivity contribution in [2.75, 3.05) is 29.0 Å². The third kappa shape index (κ3) is 2.83. The van der Waals surface area contributed by atoms with Gasteiger partial charge in [0.15, 0.2) is 0 Å². The molecule has 1 unspecified atom stereocenters. The number of anilines is 3. The highest BCUT2D eigenvalue weighted by Crippen LogP contribution is 2.35. The molecule has 1 saturated heterocycles. The molecule has 2 aliphatic rings. The lowest BCUT2D eigenvalue weighted by atomic mass is 9.91. The molecule has 1 fully saturated rings. The van der Waals surface area contributed by atoms with Crippen molar-refractivity contribution in [3.05, 3.63) is 17.7 Å². The van der Waals surface area contributed by atoms with Gasteiger partial charge in [0.2, 0.25) is 5.91 Å². The average molecular weight is 289 g/mol. The van der Waals surface area contributed by atoms with Gasteiger partial charge in [-0.05, 0) is 49.8 Å². The monoisotopic (exact) mass is 289 g/mol. The van der Waals surface area contributed by atoms with E-state index in [4.69, 9.17) is 5.73 Å². The summed E-state index contributed by atoms with van der Waals surface area (Å²) >= 11 is 0. The van der Waals surface area contributed by atoms with Crippen LogP contribution in [0, 0.1) is 5.92 Å². The summed E-state index contributed by atoms with van der Waals surface area (Å²) in [7, 11) is 0. The van der Waals surface area contributed by atoms with E-state index in [-0.39, 0.29) is 12.0 Å². The van der Waals surface area contributed by atoms with E-state index in [1.54, 1.807) is 0 Å². The number of aryl methyl sites for hydroxylation is 1. The largest absolute Gasteiger partial charge is 0.397 e. The first-order valence-electron chi connectivity index (χ1n) is 7.70. The molecule has 0 spiro atoms. The first kappa shape index (κ1) is 14.2. The molecule has 3 rings (SSSR count). The Morgan fingerprint density at radius 3 is 2.71 bits per heavy atom. The number of aliphatic hydroxyl groups excluding tert-OH is 1. The molecule has 0 bridgehead atoms. The van der Waals surface area contributed by atoms with Crippen molar-refractivity contribution in [1.82, 2.24) is 0 Å². The van der Waals surface area contributed by atoms with Crippen LogP contribution in [-0.4, -0.2) is 30.2 Å². The molecule has 2 aliphatic heterocycles. The highest BCUT2D eigenvalue weighted by Gasteiger charge is 2.25. The van der Waals surface area contributed by atoms with Gasteiger partial charge in [-0.2, -0.15) is 0 Å². The molecule has 4 N–H and O–H groups in total. The Bertz CT molecular complexity index is 549. The Kier molecular flexibility index (Phi) is 3.76. The van der Waals surface area contributed by atoms with Crippen molar-refractivity contribution < 1.29 is 9.90 Å². The van der Waals surface area contributed by atoms with Crippen LogP contribution in [0.2, 0.25) is 0 Å². The molecule has 0 aliphatic carbocycles. The van der Waals surface area contributed by atoms with Crippen LogP contribution >= 0.6 is 0 Å². The van der Waals surface area contributed by atoms with E-state index in [1.165, 1.54) is 0 Å². The van der Waals surface area contributed by atoms with Crippen molar-refractivity contribution in [1.29, 1.82) is 0 Å². The molecule has 0 aromatic heterocycles. The molecule has 1 atom stereocenters. The van der Waals surface area contributed by atoms with Crippen LogP contribution < -0.4 is 16.0 Å². The number of nitrogens with zero attached hydrogens (tertiary/aromatic N) is 1. The number of nitrogen functional groups attached to an aromatic ring is 1. The molecule has 114 valence electrons. The Labute approximate surface area is 125 Å². The molecule has 0 saturated carbocycles. The lowest BCUT2D eigenvalue weighted by molar-refractivity contribution is -0.116. The van der Waals surface area contributed by atoms with Gasteiger partial charge in [-0.15, -0.1) is 0 Å². The first-order chi connectivity index (χ1) is 10.0. The number of carbonyl (C=O) groups excluding carboxylic acids is 1. The highest BCUT2D eigenvalue weighted by atomic mass is 16.3. The molecule has 21 heavy (non-hydrogen) atoms. The van der Waals surface area contributed by atoms with Crippen LogP contribution in [0.4, 0.5) is 17.1 Å². The van der Waals surface area contributed by atoms with Crippen LogP contribution in [0.15, 0.2) is 12.1 Å². The number of aliphatic hydroxyl groups is 1. The normalized spacial score (nSPS) is 20.9. The van der Waals surface area contributed by atoms with E-state index < -0.39 is 0 Å². The minimum atomic E-state index is -0.243. The minimum absolute atomic E-state index is 0.0750. The van der Waals surface area contributed by atoms with Gasteiger partial charge >= 0.3 is 0 Å². The zero-order valence-corrected chi connectivity index (χ0v) is 12.4. The van der Waals surface area contributed by atoms with E-state index in [1.807, 2.05) is 19.1 Å². The lowest BCUT2D eigenvalue weighted by Crippen LogP contribution is -2.37. The number of rotatable bonds is 2. The predicted octanol–water partition coefficient (Wildman–Crippen LogP) is 1.75. The second-order valence-electron chi connectivity index (χ2n) is 6.18. The lowest BCUT2D eigenvalue weighted by Gasteiger charge is -2.36. The molecule has 1 aromatic rings. The maximum Gasteiger partial charge on any atom is 0.224 e. The average Bonchev–Trinajstić information content (AvgIpc) is 2.47. The topological polar surface area (TPSA) is 78.6 Å². The number of amides is 1. The highest BCUT2D eigenvalue weighted by molar-refractivity contribution is 5.95. The van der Waals surface area contributed by atoms with Crippen molar-refractivity contribution in [3.8, 4) is 0 Å². The Hall–Kier alpha value is -1.75. The molecule has 1 aromatic carbocycles. The van der Waals surface area contributed by atoms with Gasteiger partial charge in [-0.25, -0.2) is 0 Å². The number of hydrogen-bond donors (Lipinski definition) is 3. The van der Waals surface area contributed by atoms with Crippen LogP contribution in [0.25, 0.3) is 0 Å². The predicted molar refractivity (Wildman–Crippen MR) is 84.4 cm³/mol. The third-order valence-corrected chi connectivity index (χ3v) is 4.71. The van der Waals surface area contributed by atoms with Crippen LogP contribution in [-0.2, 0) is 11.2 Å². The summed E-state index contributed by atoms with van der Waals surface area (Å²) in [5, 5.41) is 12.6. The van der Waals surface area contributed by atoms with Crippen molar-refractivity contribution in [2.24, 2.45) is 5.92 Å². The van der Waals surface area contributed by atoms with Gasteiger partial charge in [0.25, 0.3) is 0 Å². The Morgan fingerprint density at radius 2 is 2.05 bits per heavy atom. The van der Waals surface area contributed by atoms with E-state index in [0.717, 1.165) is 55.0 Å². The van der Waals surface area contributed by atoms with Gasteiger partial charge in [-0.1, -0.05) is 0 Å². The first-order valence-corrected chi connectivity index (χ1v) is 7.70. The fraction of sp³-hybridized carbons (Fsp3) is 0.562. The fourth-order valence-corrected chi connectivity index (χ4v) is 3.33. The maximum atomic E-state index is 11.5. The quantitative estimate of drug-likeness (QED) is 0.725. The fourth-order valence-electron chi connectivity index (χ4n) is 3.33. The van der Waals surface area contributed by atoms with E-state index >= 15 is 0 Å². The van der Waals surface area contributed by atoms with Crippen LogP contribution in [0.1, 0.15) is 31.7 Å². The summed E-state index contributed by atoms with van der Waals surface area (Å²) in [6.07, 6.45) is 3.00. The smallest absolute Gasteiger partial charge is 0.224 e. The SMILES string of the molecule is CC(O)C1CCN(c2cc3c(cc2N)CCC(=O)N3)CC1. The van der Waals surface area contributed by atoms with Gasteiger partial charge < -0.3 is 21.1 Å². The van der Waals surface area contributed by atoms with Gasteiger partial charge in [0.05, 0.1) is 17.5 Å². The van der Waals surface area contributed by atoms with E-state index in [9.17, 15) is 9.90 Å². The zero-order chi connectivity index (χ0) is 15.0. The Balaban J connectivity index is 1.80. The minimum Gasteiger partial charge on any atom is -0.397 e. The number of piperidine rings is 1. The second-order valence-corrected chi connectivity index (χ2v) is 6.18. The van der Waals surface area contributed by atoms with Crippen molar-refractivity contribution >= 4 is 23.0 Å². The molecule has 5 heteroatoms. The van der Waals surface area contributed by atoms with Crippen LogP contribution in [0.3, 0.4) is 0 Å². The Morgan fingerprint density at radius 1 is 1.33 bits per heavy atom. The summed E-state index contributed by atoms with van der Waals surface area (Å²) in [6.45, 7) is 3.65. The standard InChI is InChI=1S/C16H23N3O2/c1-10(20)11-4-6-19(7-5-11)15-9-14-12(8-13(15)17)2-3-16(21)18-14/h8-11,20H,2-7,17H2,1H3,(H,18,21). The van der Waals surface area contributed by atoms with Crippen molar-refractivity contribution in [3.63, 3.8) is 0 Å². The van der Waals surface area contributed by atoms with Crippen molar-refractivity contribution in [2.45, 2.75) is 38.7 Å². The van der Waals surface area contributed by atoms with Gasteiger partial charge in [0.1, 0.15) is 0 Å². The molecular formula is C16H23N3O2. The number of nitrogens with two attached hydrogens (primary N) is 1. The van der Waals surface area contributed by atoms with Crippen LogP contribution in [0.5, 0.6) is 0 Å². The number of nitrogens with one attached hydrogen (secondary N) is 1. The van der Waals surface area contributed by atoms with E-state index in [2.05, 4.69) is 10.2 Å². The summed E-state index contributed by atoms with van der Waals surface area (Å²) in [5.74, 6) is 0.450. The third-order valence-electron chi connectivity index (χ3n) is 4.71. The number of carbonyl (C=O) groups is 1. The molecule has 1 amide bonds. The summed E-state index contributed by atoms with van der Waals surface area (Å²) < 4.78 is 0. The summed E-state index contributed by atoms with van der Waals surface area (Å²) in [5.41, 5.74) is 10.00. The number of benzene rings is 1. The number of fused-ring (bicyclic) bond motifs is 1. The molecule has 5 nitrogen and oxygen atoms in total.